The van der Waals surface area contributed by atoms with Crippen molar-refractivity contribution in [3.05, 3.63) is 65.7 Å². The lowest BCUT2D eigenvalue weighted by Crippen LogP contribution is -2.53. The number of nitrogens with one attached hydrogen (secondary N) is 1. The number of benzene rings is 2. The predicted octanol–water partition coefficient (Wildman–Crippen LogP) is 3.74. The van der Waals surface area contributed by atoms with Gasteiger partial charge in [-0.15, -0.1) is 0 Å². The third-order valence-corrected chi connectivity index (χ3v) is 7.04. The van der Waals surface area contributed by atoms with Crippen molar-refractivity contribution in [2.75, 3.05) is 17.1 Å². The van der Waals surface area contributed by atoms with E-state index in [-0.39, 0.29) is 25.0 Å². The standard InChI is InChI=1S/C26H37N3O4S/c1-6-20(4)27-26(31)24(8-3)28(18-22-12-10-9-11-13-22)25(30)19-29(34(5,32)33)23-16-14-21(7-2)15-17-23/h9-17,20,24H,6-8,18-19H2,1-5H3,(H,27,31)/t20-,24+/m0/s1. The molecule has 0 bridgehead atoms. The van der Waals surface area contributed by atoms with E-state index in [0.717, 1.165) is 34.5 Å². The Morgan fingerprint density at radius 1 is 0.912 bits per heavy atom. The Labute approximate surface area is 204 Å². The Hall–Kier alpha value is -2.87. The molecule has 0 saturated carbocycles. The summed E-state index contributed by atoms with van der Waals surface area (Å²) >= 11 is 0. The van der Waals surface area contributed by atoms with E-state index >= 15 is 0 Å². The summed E-state index contributed by atoms with van der Waals surface area (Å²) in [6.45, 7) is 7.59. The SMILES string of the molecule is CCc1ccc(N(CC(=O)N(Cc2ccccc2)[C@H](CC)C(=O)N[C@@H](C)CC)S(C)(=O)=O)cc1. The van der Waals surface area contributed by atoms with Crippen molar-refractivity contribution in [3.63, 3.8) is 0 Å². The summed E-state index contributed by atoms with van der Waals surface area (Å²) in [6, 6.07) is 15.8. The number of carbonyl (C=O) groups is 2. The van der Waals surface area contributed by atoms with Gasteiger partial charge in [-0.25, -0.2) is 8.42 Å². The summed E-state index contributed by atoms with van der Waals surface area (Å²) < 4.78 is 26.4. The summed E-state index contributed by atoms with van der Waals surface area (Å²) in [5, 5.41) is 2.96. The minimum atomic E-state index is -3.73. The fraction of sp³-hybridized carbons (Fsp3) is 0.462. The van der Waals surface area contributed by atoms with Crippen molar-refractivity contribution in [1.82, 2.24) is 10.2 Å². The summed E-state index contributed by atoms with van der Waals surface area (Å²) in [7, 11) is -3.73. The molecule has 0 heterocycles. The third-order valence-electron chi connectivity index (χ3n) is 5.89. The maximum Gasteiger partial charge on any atom is 0.244 e. The number of nitrogens with zero attached hydrogens (tertiary/aromatic N) is 2. The van der Waals surface area contributed by atoms with Gasteiger partial charge in [-0.2, -0.15) is 0 Å². The Kier molecular flexibility index (Phi) is 10.1. The van der Waals surface area contributed by atoms with Crippen LogP contribution in [0.25, 0.3) is 0 Å². The van der Waals surface area contributed by atoms with Crippen molar-refractivity contribution in [2.24, 2.45) is 0 Å². The minimum Gasteiger partial charge on any atom is -0.352 e. The molecule has 0 aliphatic heterocycles. The predicted molar refractivity (Wildman–Crippen MR) is 137 cm³/mol. The molecule has 0 aliphatic rings. The molecule has 2 amide bonds. The van der Waals surface area contributed by atoms with Crippen molar-refractivity contribution < 1.29 is 18.0 Å². The zero-order valence-corrected chi connectivity index (χ0v) is 21.6. The lowest BCUT2D eigenvalue weighted by Gasteiger charge is -2.33. The molecule has 1 N–H and O–H groups in total. The molecule has 0 aromatic heterocycles. The van der Waals surface area contributed by atoms with Crippen LogP contribution in [-0.4, -0.2) is 50.0 Å². The normalized spacial score (nSPS) is 13.1. The van der Waals surface area contributed by atoms with Crippen molar-refractivity contribution >= 4 is 27.5 Å². The second-order valence-electron chi connectivity index (χ2n) is 8.54. The second kappa shape index (κ2) is 12.6. The largest absolute Gasteiger partial charge is 0.352 e. The van der Waals surface area contributed by atoms with Crippen molar-refractivity contribution in [3.8, 4) is 0 Å². The molecule has 0 spiro atoms. The third kappa shape index (κ3) is 7.58. The first-order valence-electron chi connectivity index (χ1n) is 11.8. The number of hydrogen-bond donors (Lipinski definition) is 1. The molecule has 2 atom stereocenters. The molecule has 0 radical (unpaired) electrons. The molecule has 186 valence electrons. The number of rotatable bonds is 12. The van der Waals surface area contributed by atoms with E-state index in [2.05, 4.69) is 5.32 Å². The van der Waals surface area contributed by atoms with Gasteiger partial charge < -0.3 is 10.2 Å². The molecule has 0 aliphatic carbocycles. The molecule has 0 fully saturated rings. The first-order valence-corrected chi connectivity index (χ1v) is 13.7. The number of hydrogen-bond acceptors (Lipinski definition) is 4. The van der Waals surface area contributed by atoms with E-state index in [1.807, 2.05) is 70.2 Å². The molecular weight excluding hydrogens is 450 g/mol. The topological polar surface area (TPSA) is 86.8 Å². The monoisotopic (exact) mass is 487 g/mol. The van der Waals surface area contributed by atoms with Crippen LogP contribution in [0.15, 0.2) is 54.6 Å². The van der Waals surface area contributed by atoms with E-state index in [1.165, 1.54) is 4.90 Å². The van der Waals surface area contributed by atoms with Gasteiger partial charge in [0.15, 0.2) is 0 Å². The highest BCUT2D eigenvalue weighted by atomic mass is 32.2. The zero-order valence-electron chi connectivity index (χ0n) is 20.8. The van der Waals surface area contributed by atoms with Gasteiger partial charge in [0.05, 0.1) is 11.9 Å². The average Bonchev–Trinajstić information content (AvgIpc) is 2.82. The highest BCUT2D eigenvalue weighted by Gasteiger charge is 2.32. The molecule has 34 heavy (non-hydrogen) atoms. The molecular formula is C26H37N3O4S. The van der Waals surface area contributed by atoms with Crippen LogP contribution in [0.1, 0.15) is 51.7 Å². The molecule has 0 unspecified atom stereocenters. The fourth-order valence-electron chi connectivity index (χ4n) is 3.65. The summed E-state index contributed by atoms with van der Waals surface area (Å²) in [5.41, 5.74) is 2.36. The van der Waals surface area contributed by atoms with Crippen LogP contribution in [0.2, 0.25) is 0 Å². The second-order valence-corrected chi connectivity index (χ2v) is 10.4. The number of carbonyl (C=O) groups excluding carboxylic acids is 2. The van der Waals surface area contributed by atoms with Gasteiger partial charge in [0, 0.05) is 12.6 Å². The maximum atomic E-state index is 13.6. The smallest absolute Gasteiger partial charge is 0.244 e. The van der Waals surface area contributed by atoms with Crippen LogP contribution in [0, 0.1) is 0 Å². The van der Waals surface area contributed by atoms with E-state index in [4.69, 9.17) is 0 Å². The Balaban J connectivity index is 2.40. The fourth-order valence-corrected chi connectivity index (χ4v) is 4.50. The van der Waals surface area contributed by atoms with Gasteiger partial charge in [-0.3, -0.25) is 13.9 Å². The van der Waals surface area contributed by atoms with Crippen molar-refractivity contribution in [2.45, 2.75) is 65.6 Å². The molecule has 0 saturated heterocycles. The Bertz CT molecular complexity index is 1040. The quantitative estimate of drug-likeness (QED) is 0.494. The number of sulfonamides is 1. The lowest BCUT2D eigenvalue weighted by molar-refractivity contribution is -0.140. The number of amides is 2. The highest BCUT2D eigenvalue weighted by Crippen LogP contribution is 2.20. The minimum absolute atomic E-state index is 0.0279. The van der Waals surface area contributed by atoms with E-state index in [9.17, 15) is 18.0 Å². The number of anilines is 1. The molecule has 2 rings (SSSR count). The maximum absolute atomic E-state index is 13.6. The first kappa shape index (κ1) is 27.4. The van der Waals surface area contributed by atoms with E-state index in [1.54, 1.807) is 12.1 Å². The summed E-state index contributed by atoms with van der Waals surface area (Å²) in [5.74, 6) is -0.667. The first-order chi connectivity index (χ1) is 16.1. The van der Waals surface area contributed by atoms with Crippen molar-refractivity contribution in [1.29, 1.82) is 0 Å². The van der Waals surface area contributed by atoms with Crippen LogP contribution >= 0.6 is 0 Å². The Morgan fingerprint density at radius 3 is 2.03 bits per heavy atom. The molecule has 7 nitrogen and oxygen atoms in total. The van der Waals surface area contributed by atoms with E-state index < -0.39 is 22.0 Å². The van der Waals surface area contributed by atoms with Gasteiger partial charge in [-0.1, -0.05) is 63.2 Å². The van der Waals surface area contributed by atoms with Gasteiger partial charge in [-0.05, 0) is 49.4 Å². The Morgan fingerprint density at radius 2 is 1.53 bits per heavy atom. The van der Waals surface area contributed by atoms with Gasteiger partial charge in [0.1, 0.15) is 12.6 Å². The van der Waals surface area contributed by atoms with Crippen LogP contribution in [-0.2, 0) is 32.6 Å². The van der Waals surface area contributed by atoms with Gasteiger partial charge in [0.25, 0.3) is 0 Å². The molecule has 2 aromatic rings. The summed E-state index contributed by atoms with van der Waals surface area (Å²) in [4.78, 5) is 28.2. The van der Waals surface area contributed by atoms with Crippen LogP contribution < -0.4 is 9.62 Å². The zero-order chi connectivity index (χ0) is 25.3. The van der Waals surface area contributed by atoms with Crippen LogP contribution in [0.4, 0.5) is 5.69 Å². The highest BCUT2D eigenvalue weighted by molar-refractivity contribution is 7.92. The van der Waals surface area contributed by atoms with Gasteiger partial charge >= 0.3 is 0 Å². The van der Waals surface area contributed by atoms with Crippen LogP contribution in [0.3, 0.4) is 0 Å². The lowest BCUT2D eigenvalue weighted by atomic mass is 10.1. The van der Waals surface area contributed by atoms with E-state index in [0.29, 0.717) is 12.1 Å². The van der Waals surface area contributed by atoms with Gasteiger partial charge in [0.2, 0.25) is 21.8 Å². The van der Waals surface area contributed by atoms with Crippen LogP contribution in [0.5, 0.6) is 0 Å². The molecule has 8 heteroatoms. The average molecular weight is 488 g/mol. The number of aryl methyl sites for hydroxylation is 1. The molecule has 2 aromatic carbocycles. The summed E-state index contributed by atoms with van der Waals surface area (Å²) in [6.07, 6.45) is 3.09.